The van der Waals surface area contributed by atoms with Gasteiger partial charge < -0.3 is 9.84 Å². The van der Waals surface area contributed by atoms with Gasteiger partial charge in [0, 0.05) is 4.47 Å². The van der Waals surface area contributed by atoms with Crippen molar-refractivity contribution in [1.82, 2.24) is 0 Å². The molecule has 1 rings (SSSR count). The summed E-state index contributed by atoms with van der Waals surface area (Å²) in [6.07, 6.45) is -0.0136. The van der Waals surface area contributed by atoms with Crippen LogP contribution in [-0.2, 0) is 4.79 Å². The van der Waals surface area contributed by atoms with Crippen LogP contribution in [0.15, 0.2) is 22.7 Å². The van der Waals surface area contributed by atoms with E-state index in [0.29, 0.717) is 10.8 Å². The largest absolute Gasteiger partial charge is 0.493 e. The Balaban J connectivity index is 2.51. The van der Waals surface area contributed by atoms with Crippen LogP contribution in [0.5, 0.6) is 5.75 Å². The molecule has 0 saturated heterocycles. The Morgan fingerprint density at radius 1 is 1.57 bits per heavy atom. The monoisotopic (exact) mass is 278 g/mol. The van der Waals surface area contributed by atoms with E-state index >= 15 is 0 Å². The Labute approximate surface area is 94.8 Å². The molecule has 1 N–H and O–H groups in total. The van der Waals surface area contributed by atoms with Crippen LogP contribution in [0.25, 0.3) is 0 Å². The standard InChI is InChI=1S/C9H8BrClO3/c10-7-5-6(1-2-8(7)11)14-4-3-9(12)13/h1-2,5H,3-4H2,(H,12,13). The average Bonchev–Trinajstić information content (AvgIpc) is 2.10. The number of benzene rings is 1. The van der Waals surface area contributed by atoms with Crippen molar-refractivity contribution in [3.63, 3.8) is 0 Å². The Bertz CT molecular complexity index is 341. The number of rotatable bonds is 4. The van der Waals surface area contributed by atoms with E-state index in [-0.39, 0.29) is 13.0 Å². The summed E-state index contributed by atoms with van der Waals surface area (Å²) in [6.45, 7) is 0.156. The summed E-state index contributed by atoms with van der Waals surface area (Å²) in [4.78, 5) is 10.2. The van der Waals surface area contributed by atoms with Crippen LogP contribution in [0.1, 0.15) is 6.42 Å². The molecular formula is C9H8BrClO3. The summed E-state index contributed by atoms with van der Waals surface area (Å²) in [7, 11) is 0. The number of carboxylic acids is 1. The first kappa shape index (κ1) is 11.3. The zero-order valence-corrected chi connectivity index (χ0v) is 9.51. The van der Waals surface area contributed by atoms with Gasteiger partial charge in [-0.2, -0.15) is 0 Å². The van der Waals surface area contributed by atoms with E-state index in [1.165, 1.54) is 0 Å². The van der Waals surface area contributed by atoms with E-state index in [1.54, 1.807) is 18.2 Å². The lowest BCUT2D eigenvalue weighted by Crippen LogP contribution is -2.04. The van der Waals surface area contributed by atoms with Gasteiger partial charge in [0.05, 0.1) is 18.1 Å². The van der Waals surface area contributed by atoms with Gasteiger partial charge in [0.1, 0.15) is 5.75 Å². The molecule has 76 valence electrons. The highest BCUT2D eigenvalue weighted by Gasteiger charge is 2.01. The van der Waals surface area contributed by atoms with Gasteiger partial charge in [0.2, 0.25) is 0 Å². The topological polar surface area (TPSA) is 46.5 Å². The molecule has 0 atom stereocenters. The lowest BCUT2D eigenvalue weighted by molar-refractivity contribution is -0.137. The second-order valence-corrected chi connectivity index (χ2v) is 3.83. The van der Waals surface area contributed by atoms with E-state index in [9.17, 15) is 4.79 Å². The number of carboxylic acid groups (broad SMARTS) is 1. The molecule has 0 aliphatic rings. The van der Waals surface area contributed by atoms with Crippen molar-refractivity contribution in [3.8, 4) is 5.75 Å². The van der Waals surface area contributed by atoms with Crippen LogP contribution in [0, 0.1) is 0 Å². The minimum atomic E-state index is -0.877. The SMILES string of the molecule is O=C(O)CCOc1ccc(Cl)c(Br)c1. The molecule has 1 aromatic carbocycles. The molecule has 0 radical (unpaired) electrons. The third-order valence-electron chi connectivity index (χ3n) is 1.48. The van der Waals surface area contributed by atoms with Crippen LogP contribution in [0.2, 0.25) is 5.02 Å². The highest BCUT2D eigenvalue weighted by atomic mass is 79.9. The van der Waals surface area contributed by atoms with Gasteiger partial charge in [-0.15, -0.1) is 0 Å². The minimum Gasteiger partial charge on any atom is -0.493 e. The van der Waals surface area contributed by atoms with Crippen LogP contribution in [0.4, 0.5) is 0 Å². The van der Waals surface area contributed by atoms with E-state index in [4.69, 9.17) is 21.4 Å². The number of halogens is 2. The molecule has 3 nitrogen and oxygen atoms in total. The number of carbonyl (C=O) groups is 1. The van der Waals surface area contributed by atoms with Crippen molar-refractivity contribution in [2.45, 2.75) is 6.42 Å². The predicted octanol–water partition coefficient (Wildman–Crippen LogP) is 2.96. The molecule has 5 heteroatoms. The molecule has 0 heterocycles. The molecule has 0 amide bonds. The number of hydrogen-bond acceptors (Lipinski definition) is 2. The first-order chi connectivity index (χ1) is 6.59. The Kier molecular flexibility index (Phi) is 4.22. The molecule has 0 fully saturated rings. The summed E-state index contributed by atoms with van der Waals surface area (Å²) in [5, 5.41) is 8.97. The maximum absolute atomic E-state index is 10.2. The highest BCUT2D eigenvalue weighted by Crippen LogP contribution is 2.26. The van der Waals surface area contributed by atoms with Gasteiger partial charge >= 0.3 is 5.97 Å². The maximum atomic E-state index is 10.2. The molecule has 0 unspecified atom stereocenters. The Morgan fingerprint density at radius 2 is 2.29 bits per heavy atom. The molecule has 0 aromatic heterocycles. The predicted molar refractivity (Wildman–Crippen MR) is 56.9 cm³/mol. The molecule has 0 aliphatic heterocycles. The second kappa shape index (κ2) is 5.22. The van der Waals surface area contributed by atoms with Crippen molar-refractivity contribution < 1.29 is 14.6 Å². The molecule has 14 heavy (non-hydrogen) atoms. The number of aliphatic carboxylic acids is 1. The smallest absolute Gasteiger partial charge is 0.306 e. The van der Waals surface area contributed by atoms with Gasteiger partial charge in [-0.3, -0.25) is 4.79 Å². The van der Waals surface area contributed by atoms with E-state index in [1.807, 2.05) is 0 Å². The van der Waals surface area contributed by atoms with Gasteiger partial charge in [-0.05, 0) is 34.1 Å². The van der Waals surface area contributed by atoms with Crippen LogP contribution >= 0.6 is 27.5 Å². The quantitative estimate of drug-likeness (QED) is 0.922. The average molecular weight is 280 g/mol. The first-order valence-electron chi connectivity index (χ1n) is 3.89. The van der Waals surface area contributed by atoms with Crippen molar-refractivity contribution in [1.29, 1.82) is 0 Å². The van der Waals surface area contributed by atoms with Gasteiger partial charge in [0.15, 0.2) is 0 Å². The second-order valence-electron chi connectivity index (χ2n) is 2.57. The fourth-order valence-corrected chi connectivity index (χ4v) is 1.30. The Morgan fingerprint density at radius 3 is 2.86 bits per heavy atom. The van der Waals surface area contributed by atoms with Crippen molar-refractivity contribution >= 4 is 33.5 Å². The number of hydrogen-bond donors (Lipinski definition) is 1. The summed E-state index contributed by atoms with van der Waals surface area (Å²) in [5.41, 5.74) is 0. The van der Waals surface area contributed by atoms with Crippen molar-refractivity contribution in [3.05, 3.63) is 27.7 Å². The molecular weight excluding hydrogens is 271 g/mol. The van der Waals surface area contributed by atoms with Crippen LogP contribution < -0.4 is 4.74 Å². The van der Waals surface area contributed by atoms with E-state index < -0.39 is 5.97 Å². The summed E-state index contributed by atoms with van der Waals surface area (Å²) in [5.74, 6) is -0.277. The third kappa shape index (κ3) is 3.55. The highest BCUT2D eigenvalue weighted by molar-refractivity contribution is 9.10. The van der Waals surface area contributed by atoms with Gasteiger partial charge in [-0.25, -0.2) is 0 Å². The Hall–Kier alpha value is -0.740. The fourth-order valence-electron chi connectivity index (χ4n) is 0.823. The van der Waals surface area contributed by atoms with E-state index in [2.05, 4.69) is 15.9 Å². The summed E-state index contributed by atoms with van der Waals surface area (Å²) >= 11 is 9.01. The van der Waals surface area contributed by atoms with Crippen molar-refractivity contribution in [2.75, 3.05) is 6.61 Å². The maximum Gasteiger partial charge on any atom is 0.306 e. The van der Waals surface area contributed by atoms with Crippen LogP contribution in [-0.4, -0.2) is 17.7 Å². The van der Waals surface area contributed by atoms with Gasteiger partial charge in [-0.1, -0.05) is 11.6 Å². The first-order valence-corrected chi connectivity index (χ1v) is 5.06. The fraction of sp³-hybridized carbons (Fsp3) is 0.222. The zero-order valence-electron chi connectivity index (χ0n) is 7.17. The minimum absolute atomic E-state index is 0.0136. The van der Waals surface area contributed by atoms with Crippen LogP contribution in [0.3, 0.4) is 0 Å². The van der Waals surface area contributed by atoms with Crippen molar-refractivity contribution in [2.24, 2.45) is 0 Å². The normalized spacial score (nSPS) is 9.86. The number of ether oxygens (including phenoxy) is 1. The third-order valence-corrected chi connectivity index (χ3v) is 2.69. The van der Waals surface area contributed by atoms with E-state index in [0.717, 1.165) is 4.47 Å². The molecule has 0 aliphatic carbocycles. The summed E-state index contributed by atoms with van der Waals surface area (Å²) in [6, 6.07) is 5.07. The molecule has 0 bridgehead atoms. The molecule has 0 spiro atoms. The zero-order chi connectivity index (χ0) is 10.6. The lowest BCUT2D eigenvalue weighted by atomic mass is 10.3. The summed E-state index contributed by atoms with van der Waals surface area (Å²) < 4.78 is 5.91. The molecule has 1 aromatic rings. The lowest BCUT2D eigenvalue weighted by Gasteiger charge is -2.05. The van der Waals surface area contributed by atoms with Gasteiger partial charge in [0.25, 0.3) is 0 Å². The molecule has 0 saturated carbocycles.